The Balaban J connectivity index is 2.21. The number of carbonyl (C=O) groups is 1. The molecule has 1 fully saturated rings. The summed E-state index contributed by atoms with van der Waals surface area (Å²) in [6.07, 6.45) is 0. The van der Waals surface area contributed by atoms with E-state index in [9.17, 15) is 4.79 Å². The van der Waals surface area contributed by atoms with Gasteiger partial charge in [0.2, 0.25) is 0 Å². The second-order valence-corrected chi connectivity index (χ2v) is 4.46. The number of rotatable bonds is 2. The second kappa shape index (κ2) is 4.57. The Kier molecular flexibility index (Phi) is 3.13. The van der Waals surface area contributed by atoms with Crippen LogP contribution >= 0.6 is 0 Å². The molecule has 2 rings (SSSR count). The van der Waals surface area contributed by atoms with E-state index in [2.05, 4.69) is 41.6 Å². The van der Waals surface area contributed by atoms with Crippen molar-refractivity contribution in [2.75, 3.05) is 7.05 Å². The maximum absolute atomic E-state index is 11.7. The average Bonchev–Trinajstić information content (AvgIpc) is 2.71. The van der Waals surface area contributed by atoms with E-state index in [0.29, 0.717) is 11.9 Å². The van der Waals surface area contributed by atoms with Crippen LogP contribution in [0.15, 0.2) is 29.3 Å². The first-order valence-corrected chi connectivity index (χ1v) is 5.76. The van der Waals surface area contributed by atoms with Crippen molar-refractivity contribution in [3.63, 3.8) is 0 Å². The Morgan fingerprint density at radius 2 is 1.88 bits per heavy atom. The van der Waals surface area contributed by atoms with Gasteiger partial charge in [0.25, 0.3) is 5.91 Å². The zero-order valence-electron chi connectivity index (χ0n) is 10.3. The molecular formula is C13H17N3O. The summed E-state index contributed by atoms with van der Waals surface area (Å²) in [4.78, 5) is 15.6. The van der Waals surface area contributed by atoms with E-state index in [1.54, 1.807) is 7.05 Å². The van der Waals surface area contributed by atoms with Gasteiger partial charge in [0, 0.05) is 7.05 Å². The van der Waals surface area contributed by atoms with Gasteiger partial charge in [0.05, 0.1) is 0 Å². The first-order valence-electron chi connectivity index (χ1n) is 5.76. The molecule has 1 heterocycles. The van der Waals surface area contributed by atoms with Crippen LogP contribution in [0.3, 0.4) is 0 Å². The van der Waals surface area contributed by atoms with Crippen molar-refractivity contribution in [2.45, 2.75) is 25.8 Å². The predicted octanol–water partition coefficient (Wildman–Crippen LogP) is 1.56. The van der Waals surface area contributed by atoms with Gasteiger partial charge >= 0.3 is 0 Å². The van der Waals surface area contributed by atoms with Crippen LogP contribution in [0.5, 0.6) is 0 Å². The molecule has 0 spiro atoms. The van der Waals surface area contributed by atoms with Crippen molar-refractivity contribution in [3.05, 3.63) is 35.4 Å². The molecule has 0 aliphatic carbocycles. The van der Waals surface area contributed by atoms with Crippen LogP contribution in [0.25, 0.3) is 0 Å². The summed E-state index contributed by atoms with van der Waals surface area (Å²) in [5, 5.41) is 5.73. The average molecular weight is 231 g/mol. The molecule has 1 amide bonds. The van der Waals surface area contributed by atoms with Gasteiger partial charge in [-0.05, 0) is 17.0 Å². The van der Waals surface area contributed by atoms with Crippen LogP contribution in [-0.4, -0.2) is 18.9 Å². The summed E-state index contributed by atoms with van der Waals surface area (Å²) in [6, 6.07) is 7.79. The first kappa shape index (κ1) is 11.6. The van der Waals surface area contributed by atoms with Crippen LogP contribution in [0.2, 0.25) is 0 Å². The Morgan fingerprint density at radius 3 is 2.35 bits per heavy atom. The van der Waals surface area contributed by atoms with Crippen LogP contribution in [0.4, 0.5) is 0 Å². The van der Waals surface area contributed by atoms with E-state index >= 15 is 0 Å². The highest BCUT2D eigenvalue weighted by atomic mass is 16.2. The fourth-order valence-corrected chi connectivity index (χ4v) is 1.86. The maximum atomic E-state index is 11.7. The molecule has 1 aliphatic heterocycles. The Morgan fingerprint density at radius 1 is 1.24 bits per heavy atom. The highest BCUT2D eigenvalue weighted by molar-refractivity contribution is 6.06. The largest absolute Gasteiger partial charge is 0.340 e. The number of hydrogen-bond acceptors (Lipinski definition) is 2. The normalized spacial score (nSPS) is 21.8. The van der Waals surface area contributed by atoms with E-state index < -0.39 is 0 Å². The predicted molar refractivity (Wildman–Crippen MR) is 67.9 cm³/mol. The molecule has 1 saturated heterocycles. The second-order valence-electron chi connectivity index (χ2n) is 4.46. The summed E-state index contributed by atoms with van der Waals surface area (Å²) >= 11 is 0. The number of amides is 1. The van der Waals surface area contributed by atoms with Crippen molar-refractivity contribution in [2.24, 2.45) is 4.99 Å². The molecule has 4 nitrogen and oxygen atoms in total. The fourth-order valence-electron chi connectivity index (χ4n) is 1.86. The molecule has 1 aromatic rings. The van der Waals surface area contributed by atoms with E-state index in [4.69, 9.17) is 0 Å². The minimum Gasteiger partial charge on any atom is -0.340 e. The van der Waals surface area contributed by atoms with Crippen molar-refractivity contribution in [1.82, 2.24) is 10.6 Å². The van der Waals surface area contributed by atoms with Gasteiger partial charge in [0.15, 0.2) is 5.96 Å². The third-order valence-electron chi connectivity index (χ3n) is 2.94. The van der Waals surface area contributed by atoms with Crippen molar-refractivity contribution >= 4 is 11.9 Å². The highest BCUT2D eigenvalue weighted by Gasteiger charge is 2.29. The molecule has 0 bridgehead atoms. The number of nitrogens with one attached hydrogen (secondary N) is 2. The molecule has 1 atom stereocenters. The summed E-state index contributed by atoms with van der Waals surface area (Å²) in [5.74, 6) is 0.984. The van der Waals surface area contributed by atoms with Gasteiger partial charge in [0.1, 0.15) is 6.04 Å². The number of guanidine groups is 1. The van der Waals surface area contributed by atoms with Crippen molar-refractivity contribution in [3.8, 4) is 0 Å². The van der Waals surface area contributed by atoms with E-state index in [1.807, 2.05) is 12.1 Å². The third kappa shape index (κ3) is 2.30. The molecule has 1 unspecified atom stereocenters. The lowest BCUT2D eigenvalue weighted by molar-refractivity contribution is -0.120. The number of hydrogen-bond donors (Lipinski definition) is 2. The number of nitrogens with zero attached hydrogens (tertiary/aromatic N) is 1. The molecule has 1 aromatic carbocycles. The lowest BCUT2D eigenvalue weighted by Gasteiger charge is -2.10. The molecule has 2 N–H and O–H groups in total. The minimum atomic E-state index is -0.324. The topological polar surface area (TPSA) is 53.5 Å². The summed E-state index contributed by atoms with van der Waals surface area (Å²) < 4.78 is 0. The molecule has 0 aromatic heterocycles. The maximum Gasteiger partial charge on any atom is 0.253 e. The quantitative estimate of drug-likeness (QED) is 0.811. The van der Waals surface area contributed by atoms with E-state index in [0.717, 1.165) is 5.56 Å². The van der Waals surface area contributed by atoms with Crippen LogP contribution in [0, 0.1) is 0 Å². The van der Waals surface area contributed by atoms with Gasteiger partial charge < -0.3 is 5.32 Å². The van der Waals surface area contributed by atoms with Gasteiger partial charge in [-0.1, -0.05) is 38.1 Å². The SMILES string of the molecule is CN=C1NC(=O)C(c2ccc(C(C)C)cc2)N1. The monoisotopic (exact) mass is 231 g/mol. The smallest absolute Gasteiger partial charge is 0.253 e. The Hall–Kier alpha value is -1.84. The van der Waals surface area contributed by atoms with Crippen LogP contribution in [0.1, 0.15) is 36.9 Å². The minimum absolute atomic E-state index is 0.0529. The molecule has 4 heteroatoms. The zero-order chi connectivity index (χ0) is 12.4. The third-order valence-corrected chi connectivity index (χ3v) is 2.94. The van der Waals surface area contributed by atoms with E-state index in [-0.39, 0.29) is 11.9 Å². The summed E-state index contributed by atoms with van der Waals surface area (Å²) in [7, 11) is 1.65. The summed E-state index contributed by atoms with van der Waals surface area (Å²) in [5.41, 5.74) is 2.24. The molecule has 90 valence electrons. The number of carbonyl (C=O) groups excluding carboxylic acids is 1. The van der Waals surface area contributed by atoms with Gasteiger partial charge in [-0.15, -0.1) is 0 Å². The summed E-state index contributed by atoms with van der Waals surface area (Å²) in [6.45, 7) is 4.30. The fraction of sp³-hybridized carbons (Fsp3) is 0.385. The highest BCUT2D eigenvalue weighted by Crippen LogP contribution is 2.20. The molecule has 0 saturated carbocycles. The molecular weight excluding hydrogens is 214 g/mol. The number of benzene rings is 1. The Labute approximate surface area is 101 Å². The lowest BCUT2D eigenvalue weighted by atomic mass is 9.99. The van der Waals surface area contributed by atoms with E-state index in [1.165, 1.54) is 5.56 Å². The van der Waals surface area contributed by atoms with Gasteiger partial charge in [-0.3, -0.25) is 15.1 Å². The van der Waals surface area contributed by atoms with Gasteiger partial charge in [-0.2, -0.15) is 0 Å². The molecule has 0 radical (unpaired) electrons. The first-order chi connectivity index (χ1) is 8.11. The molecule has 1 aliphatic rings. The van der Waals surface area contributed by atoms with Crippen LogP contribution < -0.4 is 10.6 Å². The Bertz CT molecular complexity index is 448. The number of aliphatic imine (C=N–C) groups is 1. The van der Waals surface area contributed by atoms with Gasteiger partial charge in [-0.25, -0.2) is 0 Å². The standard InChI is InChI=1S/C13H17N3O/c1-8(2)9-4-6-10(7-5-9)11-12(17)16-13(14-3)15-11/h4-8,11H,1-3H3,(H2,14,15,16,17). The molecule has 17 heavy (non-hydrogen) atoms. The zero-order valence-corrected chi connectivity index (χ0v) is 10.3. The van der Waals surface area contributed by atoms with Crippen molar-refractivity contribution in [1.29, 1.82) is 0 Å². The van der Waals surface area contributed by atoms with Crippen molar-refractivity contribution < 1.29 is 4.79 Å². The lowest BCUT2D eigenvalue weighted by Crippen LogP contribution is -2.24. The van der Waals surface area contributed by atoms with Crippen LogP contribution in [-0.2, 0) is 4.79 Å².